The van der Waals surface area contributed by atoms with Gasteiger partial charge in [0.2, 0.25) is 53.2 Å². The van der Waals surface area contributed by atoms with Crippen LogP contribution in [0.25, 0.3) is 0 Å². The summed E-state index contributed by atoms with van der Waals surface area (Å²) in [5, 5.41) is 58.0. The number of carboxylic acids is 1. The van der Waals surface area contributed by atoms with E-state index in [9.17, 15) is 68.4 Å². The highest BCUT2D eigenvalue weighted by Crippen LogP contribution is 2.18. The molecule has 0 unspecified atom stereocenters. The van der Waals surface area contributed by atoms with E-state index in [1.807, 2.05) is 0 Å². The van der Waals surface area contributed by atoms with Crippen LogP contribution in [0.3, 0.4) is 0 Å². The predicted molar refractivity (Wildman–Crippen MR) is 242 cm³/mol. The molecule has 0 bridgehead atoms. The fourth-order valence-electron chi connectivity index (χ4n) is 6.66. The van der Waals surface area contributed by atoms with Crippen molar-refractivity contribution in [1.82, 2.24) is 47.4 Å². The number of nitrogens with zero attached hydrogens (tertiary/aromatic N) is 1. The molecule has 0 spiro atoms. The molecule has 0 aliphatic carbocycles. The number of aliphatic hydroxyl groups excluding tert-OH is 2. The van der Waals surface area contributed by atoms with Gasteiger partial charge in [-0.05, 0) is 75.7 Å². The summed E-state index contributed by atoms with van der Waals surface area (Å²) in [6.07, 6.45) is 2.90. The van der Waals surface area contributed by atoms with Crippen LogP contribution in [0, 0.1) is 5.92 Å². The molecule has 1 aromatic carbocycles. The molecular formula is C42H66N10O14S. The molecule has 9 amide bonds. The van der Waals surface area contributed by atoms with E-state index < -0.39 is 133 Å². The number of aliphatic carboxylic acids is 1. The average Bonchev–Trinajstić information content (AvgIpc) is 3.80. The van der Waals surface area contributed by atoms with E-state index in [0.717, 1.165) is 0 Å². The number of aromatic hydroxyl groups is 1. The Morgan fingerprint density at radius 3 is 1.72 bits per heavy atom. The minimum Gasteiger partial charge on any atom is -0.508 e. The van der Waals surface area contributed by atoms with Crippen LogP contribution in [-0.4, -0.2) is 177 Å². The highest BCUT2D eigenvalue weighted by atomic mass is 32.2. The highest BCUT2D eigenvalue weighted by molar-refractivity contribution is 7.98. The molecule has 1 saturated heterocycles. The first-order chi connectivity index (χ1) is 31.6. The van der Waals surface area contributed by atoms with Crippen molar-refractivity contribution in [3.05, 3.63) is 29.8 Å². The number of hydrogen-bond acceptors (Lipinski definition) is 15. The maximum Gasteiger partial charge on any atom is 0.328 e. The van der Waals surface area contributed by atoms with Gasteiger partial charge < -0.3 is 73.6 Å². The number of benzene rings is 1. The van der Waals surface area contributed by atoms with E-state index in [4.69, 9.17) is 5.73 Å². The van der Waals surface area contributed by atoms with Crippen LogP contribution < -0.4 is 48.3 Å². The van der Waals surface area contributed by atoms with Gasteiger partial charge in [-0.1, -0.05) is 32.4 Å². The molecule has 24 nitrogen and oxygen atoms in total. The van der Waals surface area contributed by atoms with Crippen LogP contribution in [-0.2, 0) is 54.4 Å². The molecular weight excluding hydrogens is 901 g/mol. The van der Waals surface area contributed by atoms with E-state index in [1.54, 1.807) is 20.1 Å². The molecule has 0 radical (unpaired) electrons. The first-order valence-electron chi connectivity index (χ1n) is 21.8. The Hall–Kier alpha value is -6.05. The van der Waals surface area contributed by atoms with Crippen molar-refractivity contribution < 1.29 is 68.4 Å². The third kappa shape index (κ3) is 17.9. The van der Waals surface area contributed by atoms with Gasteiger partial charge in [-0.2, -0.15) is 11.8 Å². The number of hydrogen-bond donors (Lipinski definition) is 13. The minimum atomic E-state index is -1.66. The van der Waals surface area contributed by atoms with Gasteiger partial charge in [0.05, 0.1) is 19.8 Å². The first kappa shape index (κ1) is 57.1. The quantitative estimate of drug-likeness (QED) is 0.0397. The van der Waals surface area contributed by atoms with Gasteiger partial charge in [-0.15, -0.1) is 0 Å². The van der Waals surface area contributed by atoms with Crippen LogP contribution in [0.15, 0.2) is 24.3 Å². The molecule has 0 aromatic heterocycles. The number of amides is 9. The predicted octanol–water partition coefficient (Wildman–Crippen LogP) is -4.31. The second kappa shape index (κ2) is 28.2. The maximum atomic E-state index is 14.0. The van der Waals surface area contributed by atoms with Crippen LogP contribution in [0.2, 0.25) is 0 Å². The third-order valence-corrected chi connectivity index (χ3v) is 11.6. The van der Waals surface area contributed by atoms with E-state index in [2.05, 4.69) is 42.5 Å². The van der Waals surface area contributed by atoms with Crippen molar-refractivity contribution in [3.63, 3.8) is 0 Å². The van der Waals surface area contributed by atoms with Crippen molar-refractivity contribution in [2.45, 2.75) is 121 Å². The van der Waals surface area contributed by atoms with Gasteiger partial charge in [0.25, 0.3) is 0 Å². The van der Waals surface area contributed by atoms with E-state index in [1.165, 1.54) is 61.7 Å². The molecule has 1 aliphatic heterocycles. The third-order valence-electron chi connectivity index (χ3n) is 11.0. The Kier molecular flexibility index (Phi) is 24.0. The lowest BCUT2D eigenvalue weighted by molar-refractivity contribution is -0.143. The molecule has 1 heterocycles. The van der Waals surface area contributed by atoms with Gasteiger partial charge in [0, 0.05) is 13.0 Å². The maximum absolute atomic E-state index is 14.0. The second-order valence-corrected chi connectivity index (χ2v) is 17.1. The monoisotopic (exact) mass is 966 g/mol. The summed E-state index contributed by atoms with van der Waals surface area (Å²) in [6.45, 7) is 5.53. The number of carboxylic acid groups (broad SMARTS) is 1. The molecule has 0 saturated carbocycles. The first-order valence-corrected chi connectivity index (χ1v) is 23.2. The number of phenols is 1. The summed E-state index contributed by atoms with van der Waals surface area (Å²) in [4.78, 5) is 131. The molecule has 2 rings (SSSR count). The van der Waals surface area contributed by atoms with E-state index >= 15 is 0 Å². The number of nitrogens with two attached hydrogens (primary N) is 1. The Morgan fingerprint density at radius 2 is 1.18 bits per heavy atom. The smallest absolute Gasteiger partial charge is 0.328 e. The van der Waals surface area contributed by atoms with Crippen molar-refractivity contribution in [2.24, 2.45) is 11.7 Å². The molecule has 67 heavy (non-hydrogen) atoms. The Balaban J connectivity index is 2.20. The number of aliphatic hydroxyl groups is 2. The lowest BCUT2D eigenvalue weighted by Crippen LogP contribution is -2.61. The van der Waals surface area contributed by atoms with Crippen molar-refractivity contribution in [1.29, 1.82) is 0 Å². The second-order valence-electron chi connectivity index (χ2n) is 16.1. The Labute approximate surface area is 392 Å². The van der Waals surface area contributed by atoms with E-state index in [0.29, 0.717) is 37.1 Å². The standard InChI is InChI=1S/C42H66N10O14S/c1-7-21(2)33(41(64)49-29(19-53)39(62)45-24(5)35(58)47-27(14-16-67-6)37(60)50-30(20-54)42(65)66)51-38(61)28(17-25-10-12-26(55)13-11-25)48-36(59)23(4)44-34(57)22(3)46-40(63)31-9-8-15-52(31)32(56)18-43/h10-13,21-24,27-31,33,53-55H,7-9,14-20,43H2,1-6H3,(H,44,57)(H,45,62)(H,46,63)(H,47,58)(H,48,59)(H,49,64)(H,50,60)(H,51,61)(H,65,66)/t21-,22-,23-,24-,27-,28-,29-,30-,31-,33-/m0/s1. The van der Waals surface area contributed by atoms with Crippen LogP contribution >= 0.6 is 11.8 Å². The molecule has 14 N–H and O–H groups in total. The zero-order valence-electron chi connectivity index (χ0n) is 38.5. The average molecular weight is 967 g/mol. The number of likely N-dealkylation sites (tertiary alicyclic amines) is 1. The number of carbonyl (C=O) groups is 10. The fraction of sp³-hybridized carbons (Fsp3) is 0.619. The van der Waals surface area contributed by atoms with Crippen LogP contribution in [0.4, 0.5) is 0 Å². The fourth-order valence-corrected chi connectivity index (χ4v) is 7.13. The summed E-state index contributed by atoms with van der Waals surface area (Å²) >= 11 is 1.34. The highest BCUT2D eigenvalue weighted by Gasteiger charge is 2.37. The summed E-state index contributed by atoms with van der Waals surface area (Å²) in [7, 11) is 0. The number of rotatable bonds is 27. The summed E-state index contributed by atoms with van der Waals surface area (Å²) in [6, 6.07) is -6.13. The molecule has 10 atom stereocenters. The molecule has 1 aliphatic rings. The van der Waals surface area contributed by atoms with Crippen molar-refractivity contribution in [2.75, 3.05) is 38.3 Å². The van der Waals surface area contributed by atoms with Crippen LogP contribution in [0.1, 0.15) is 65.9 Å². The largest absolute Gasteiger partial charge is 0.508 e. The molecule has 1 aromatic rings. The number of carbonyl (C=O) groups excluding carboxylic acids is 9. The Morgan fingerprint density at radius 1 is 0.687 bits per heavy atom. The summed E-state index contributed by atoms with van der Waals surface area (Å²) in [5.41, 5.74) is 5.95. The lowest BCUT2D eigenvalue weighted by Gasteiger charge is -2.29. The molecule has 1 fully saturated rings. The van der Waals surface area contributed by atoms with Crippen molar-refractivity contribution in [3.8, 4) is 5.75 Å². The number of phenolic OH excluding ortho intramolecular Hbond substituents is 1. The van der Waals surface area contributed by atoms with Gasteiger partial charge in [-0.3, -0.25) is 43.2 Å². The van der Waals surface area contributed by atoms with Crippen molar-refractivity contribution >= 4 is 70.9 Å². The summed E-state index contributed by atoms with van der Waals surface area (Å²) < 4.78 is 0. The molecule has 25 heteroatoms. The van der Waals surface area contributed by atoms with Gasteiger partial charge in [-0.25, -0.2) is 4.79 Å². The number of thioether (sulfide) groups is 1. The van der Waals surface area contributed by atoms with Gasteiger partial charge in [0.15, 0.2) is 0 Å². The minimum absolute atomic E-state index is 0.0615. The summed E-state index contributed by atoms with van der Waals surface area (Å²) in [5.74, 6) is -8.92. The van der Waals surface area contributed by atoms with Gasteiger partial charge in [0.1, 0.15) is 60.1 Å². The SMILES string of the molecule is CC[C@H](C)[C@H](NC(=O)[C@H](Cc1ccc(O)cc1)NC(=O)[C@H](C)NC(=O)[C@H](C)NC(=O)[C@@H]1CCCN1C(=O)CN)C(=O)N[C@@H](CO)C(=O)N[C@@H](C)C(=O)N[C@@H](CCSC)C(=O)N[C@@H](CO)C(=O)O. The zero-order chi connectivity index (χ0) is 50.5. The van der Waals surface area contributed by atoms with Crippen LogP contribution in [0.5, 0.6) is 5.75 Å². The molecule has 374 valence electrons. The Bertz CT molecular complexity index is 1910. The van der Waals surface area contributed by atoms with Gasteiger partial charge >= 0.3 is 5.97 Å². The topological polar surface area (TPSA) is 377 Å². The zero-order valence-corrected chi connectivity index (χ0v) is 39.3. The normalized spacial score (nSPS) is 17.3. The lowest BCUT2D eigenvalue weighted by atomic mass is 9.96. The van der Waals surface area contributed by atoms with E-state index in [-0.39, 0.29) is 25.1 Å². The number of nitrogens with one attached hydrogen (secondary N) is 8.